The Morgan fingerprint density at radius 3 is 2.86 bits per heavy atom. The van der Waals surface area contributed by atoms with E-state index < -0.39 is 10.2 Å². The number of hydrogen-bond donors (Lipinski definition) is 0. The molecule has 1 aromatic heterocycles. The van der Waals surface area contributed by atoms with E-state index in [1.165, 1.54) is 0 Å². The van der Waals surface area contributed by atoms with Gasteiger partial charge in [-0.3, -0.25) is 0 Å². The van der Waals surface area contributed by atoms with Gasteiger partial charge in [-0.1, -0.05) is 0 Å². The first-order valence-electron chi connectivity index (χ1n) is 7.92. The monoisotopic (exact) mass is 328 g/mol. The molecule has 0 bridgehead atoms. The molecule has 2 unspecified atom stereocenters. The van der Waals surface area contributed by atoms with E-state index in [1.54, 1.807) is 22.0 Å². The standard InChI is InChI=1S/C15H24N2O4S/c1-20-12-13-5-2-8-16(11-13)22(18,19)17-9-3-6-14(17)15-7-4-10-21-15/h4,7,10,13-14H,2-3,5-6,8-9,11-12H2,1H3. The average Bonchev–Trinajstić information content (AvgIpc) is 3.19. The smallest absolute Gasteiger partial charge is 0.282 e. The average molecular weight is 328 g/mol. The summed E-state index contributed by atoms with van der Waals surface area (Å²) in [5.74, 6) is 1.03. The summed E-state index contributed by atoms with van der Waals surface area (Å²) in [5.41, 5.74) is 0. The number of ether oxygens (including phenoxy) is 1. The van der Waals surface area contributed by atoms with E-state index in [2.05, 4.69) is 0 Å². The predicted octanol–water partition coefficient (Wildman–Crippen LogP) is 2.02. The van der Waals surface area contributed by atoms with E-state index >= 15 is 0 Å². The fourth-order valence-corrected chi connectivity index (χ4v) is 5.48. The van der Waals surface area contributed by atoms with Gasteiger partial charge in [0.15, 0.2) is 0 Å². The molecule has 0 N–H and O–H groups in total. The van der Waals surface area contributed by atoms with Crippen LogP contribution < -0.4 is 0 Å². The number of furan rings is 1. The molecular weight excluding hydrogens is 304 g/mol. The van der Waals surface area contributed by atoms with Crippen molar-refractivity contribution in [1.29, 1.82) is 0 Å². The highest BCUT2D eigenvalue weighted by Crippen LogP contribution is 2.36. The van der Waals surface area contributed by atoms with E-state index in [-0.39, 0.29) is 12.0 Å². The summed E-state index contributed by atoms with van der Waals surface area (Å²) in [5, 5.41) is 0. The van der Waals surface area contributed by atoms with Crippen LogP contribution in [-0.4, -0.2) is 50.4 Å². The third-order valence-corrected chi connectivity index (χ3v) is 6.60. The molecule has 2 aliphatic heterocycles. The lowest BCUT2D eigenvalue weighted by Crippen LogP contribution is -2.48. The molecule has 22 heavy (non-hydrogen) atoms. The molecule has 3 heterocycles. The topological polar surface area (TPSA) is 63.0 Å². The molecule has 2 fully saturated rings. The first-order chi connectivity index (χ1) is 10.6. The molecule has 2 aliphatic rings. The highest BCUT2D eigenvalue weighted by atomic mass is 32.2. The van der Waals surface area contributed by atoms with Crippen LogP contribution in [0.5, 0.6) is 0 Å². The van der Waals surface area contributed by atoms with Gasteiger partial charge in [0, 0.05) is 26.7 Å². The van der Waals surface area contributed by atoms with Crippen LogP contribution in [0.4, 0.5) is 0 Å². The van der Waals surface area contributed by atoms with Crippen LogP contribution in [0.25, 0.3) is 0 Å². The van der Waals surface area contributed by atoms with E-state index in [1.807, 2.05) is 12.1 Å². The molecular formula is C15H24N2O4S. The lowest BCUT2D eigenvalue weighted by molar-refractivity contribution is 0.116. The van der Waals surface area contributed by atoms with Gasteiger partial charge in [-0.05, 0) is 43.7 Å². The zero-order chi connectivity index (χ0) is 15.6. The van der Waals surface area contributed by atoms with E-state index in [0.717, 1.165) is 31.4 Å². The molecule has 0 radical (unpaired) electrons. The van der Waals surface area contributed by atoms with Gasteiger partial charge < -0.3 is 9.15 Å². The van der Waals surface area contributed by atoms with Crippen LogP contribution in [0.15, 0.2) is 22.8 Å². The summed E-state index contributed by atoms with van der Waals surface area (Å²) in [7, 11) is -1.77. The highest BCUT2D eigenvalue weighted by Gasteiger charge is 2.41. The summed E-state index contributed by atoms with van der Waals surface area (Å²) < 4.78 is 39.9. The maximum atomic E-state index is 13.0. The first kappa shape index (κ1) is 16.0. The Bertz CT molecular complexity index is 570. The van der Waals surface area contributed by atoms with Crippen LogP contribution in [-0.2, 0) is 14.9 Å². The third-order valence-electron chi connectivity index (χ3n) is 4.58. The molecule has 1 aromatic rings. The molecule has 124 valence electrons. The molecule has 0 spiro atoms. The molecule has 6 nitrogen and oxygen atoms in total. The maximum absolute atomic E-state index is 13.0. The normalized spacial score (nSPS) is 28.2. The Balaban J connectivity index is 1.77. The Labute approximate surface area is 132 Å². The van der Waals surface area contributed by atoms with Crippen LogP contribution in [0.2, 0.25) is 0 Å². The van der Waals surface area contributed by atoms with Gasteiger partial charge in [0.1, 0.15) is 5.76 Å². The maximum Gasteiger partial charge on any atom is 0.282 e. The van der Waals surface area contributed by atoms with Crippen molar-refractivity contribution in [1.82, 2.24) is 8.61 Å². The van der Waals surface area contributed by atoms with Crippen molar-refractivity contribution in [3.05, 3.63) is 24.2 Å². The fraction of sp³-hybridized carbons (Fsp3) is 0.733. The lowest BCUT2D eigenvalue weighted by atomic mass is 10.0. The second-order valence-corrected chi connectivity index (χ2v) is 7.99. The van der Waals surface area contributed by atoms with Crippen LogP contribution in [0, 0.1) is 5.92 Å². The number of piperidine rings is 1. The number of hydrogen-bond acceptors (Lipinski definition) is 4. The molecule has 0 saturated carbocycles. The van der Waals surface area contributed by atoms with Gasteiger partial charge in [-0.25, -0.2) is 0 Å². The third kappa shape index (κ3) is 3.08. The number of rotatable bonds is 5. The second kappa shape index (κ2) is 6.70. The van der Waals surface area contributed by atoms with Crippen molar-refractivity contribution >= 4 is 10.2 Å². The quantitative estimate of drug-likeness (QED) is 0.829. The van der Waals surface area contributed by atoms with Crippen LogP contribution in [0.3, 0.4) is 0 Å². The minimum atomic E-state index is -3.44. The van der Waals surface area contributed by atoms with Gasteiger partial charge >= 0.3 is 0 Å². The predicted molar refractivity (Wildman–Crippen MR) is 82.5 cm³/mol. The van der Waals surface area contributed by atoms with Crippen molar-refractivity contribution in [2.75, 3.05) is 33.4 Å². The number of methoxy groups -OCH3 is 1. The van der Waals surface area contributed by atoms with E-state index in [4.69, 9.17) is 9.15 Å². The second-order valence-electron chi connectivity index (χ2n) is 6.11. The molecule has 2 saturated heterocycles. The number of nitrogens with zero attached hydrogens (tertiary/aromatic N) is 2. The van der Waals surface area contributed by atoms with Crippen molar-refractivity contribution < 1.29 is 17.6 Å². The molecule has 2 atom stereocenters. The SMILES string of the molecule is COCC1CCCN(S(=O)(=O)N2CCCC2c2ccco2)C1. The minimum Gasteiger partial charge on any atom is -0.468 e. The summed E-state index contributed by atoms with van der Waals surface area (Å²) in [6, 6.07) is 3.51. The highest BCUT2D eigenvalue weighted by molar-refractivity contribution is 7.86. The van der Waals surface area contributed by atoms with Crippen molar-refractivity contribution in [2.45, 2.75) is 31.7 Å². The Morgan fingerprint density at radius 2 is 2.14 bits per heavy atom. The molecule has 0 amide bonds. The van der Waals surface area contributed by atoms with Crippen molar-refractivity contribution in [3.8, 4) is 0 Å². The Kier molecular flexibility index (Phi) is 4.87. The fourth-order valence-electron chi connectivity index (χ4n) is 3.54. The van der Waals surface area contributed by atoms with Gasteiger partial charge in [0.25, 0.3) is 10.2 Å². The molecule has 7 heteroatoms. The lowest BCUT2D eigenvalue weighted by Gasteiger charge is -2.35. The summed E-state index contributed by atoms with van der Waals surface area (Å²) in [6.07, 6.45) is 5.23. The molecule has 0 aliphatic carbocycles. The van der Waals surface area contributed by atoms with Gasteiger partial charge in [0.2, 0.25) is 0 Å². The van der Waals surface area contributed by atoms with E-state index in [9.17, 15) is 8.42 Å². The van der Waals surface area contributed by atoms with Crippen LogP contribution >= 0.6 is 0 Å². The van der Waals surface area contributed by atoms with Crippen molar-refractivity contribution in [3.63, 3.8) is 0 Å². The molecule has 3 rings (SSSR count). The Hall–Kier alpha value is -0.890. The largest absolute Gasteiger partial charge is 0.468 e. The zero-order valence-corrected chi connectivity index (χ0v) is 13.8. The van der Waals surface area contributed by atoms with Gasteiger partial charge in [-0.15, -0.1) is 0 Å². The summed E-state index contributed by atoms with van der Waals surface area (Å²) in [6.45, 7) is 2.34. The zero-order valence-electron chi connectivity index (χ0n) is 13.0. The van der Waals surface area contributed by atoms with Crippen molar-refractivity contribution in [2.24, 2.45) is 5.92 Å². The Morgan fingerprint density at radius 1 is 1.32 bits per heavy atom. The molecule has 0 aromatic carbocycles. The van der Waals surface area contributed by atoms with Gasteiger partial charge in [-0.2, -0.15) is 17.0 Å². The van der Waals surface area contributed by atoms with E-state index in [0.29, 0.717) is 26.2 Å². The minimum absolute atomic E-state index is 0.164. The summed E-state index contributed by atoms with van der Waals surface area (Å²) in [4.78, 5) is 0. The van der Waals surface area contributed by atoms with Crippen LogP contribution in [0.1, 0.15) is 37.5 Å². The first-order valence-corrected chi connectivity index (χ1v) is 9.32. The van der Waals surface area contributed by atoms with Gasteiger partial charge in [0.05, 0.1) is 18.9 Å². The summed E-state index contributed by atoms with van der Waals surface area (Å²) >= 11 is 0.